The second-order valence-corrected chi connectivity index (χ2v) is 6.84. The molecule has 0 bridgehead atoms. The molecule has 2 aromatic rings. The summed E-state index contributed by atoms with van der Waals surface area (Å²) in [4.78, 5) is 5.41. The molecule has 4 nitrogen and oxygen atoms in total. The van der Waals surface area contributed by atoms with Crippen LogP contribution in [-0.4, -0.2) is 13.1 Å². The van der Waals surface area contributed by atoms with E-state index in [9.17, 15) is 0 Å². The number of methoxy groups -OCH3 is 1. The minimum Gasteiger partial charge on any atom is -0.495 e. The van der Waals surface area contributed by atoms with Crippen LogP contribution >= 0.6 is 62.8 Å². The summed E-state index contributed by atoms with van der Waals surface area (Å²) in [5.41, 5.74) is 6.61. The van der Waals surface area contributed by atoms with Crippen molar-refractivity contribution in [3.05, 3.63) is 44.0 Å². The zero-order chi connectivity index (χ0) is 14.5. The van der Waals surface area contributed by atoms with Crippen LogP contribution in [0.5, 0.6) is 5.75 Å². The Morgan fingerprint density at radius 3 is 2.76 bits per heavy atom. The predicted molar refractivity (Wildman–Crippen MR) is 104 cm³/mol. The third-order valence-corrected chi connectivity index (χ3v) is 4.36. The van der Waals surface area contributed by atoms with Gasteiger partial charge in [0.2, 0.25) is 0 Å². The molecule has 0 radical (unpaired) electrons. The van der Waals surface area contributed by atoms with Crippen LogP contribution < -0.4 is 15.8 Å². The number of nitrogens with zero attached hydrogens (tertiary/aromatic N) is 1. The highest BCUT2D eigenvalue weighted by Gasteiger charge is 2.03. The number of hydrogen-bond donors (Lipinski definition) is 2. The van der Waals surface area contributed by atoms with Crippen LogP contribution in [0.4, 0.5) is 5.69 Å². The molecule has 0 aliphatic heterocycles. The maximum absolute atomic E-state index is 6.04. The van der Waals surface area contributed by atoms with Gasteiger partial charge in [0.05, 0.1) is 22.5 Å². The molecular weight excluding hydrogens is 488 g/mol. The molecule has 0 unspecified atom stereocenters. The predicted octanol–water partition coefficient (Wildman–Crippen LogP) is 4.72. The smallest absolute Gasteiger partial charge is 0.193 e. The molecule has 0 spiro atoms. The molecule has 0 saturated carbocycles. The van der Waals surface area contributed by atoms with E-state index in [1.54, 1.807) is 30.6 Å². The van der Waals surface area contributed by atoms with E-state index in [4.69, 9.17) is 22.1 Å². The number of aliphatic imine (C=N–C) groups is 1. The average molecular weight is 503 g/mol. The van der Waals surface area contributed by atoms with E-state index in [0.29, 0.717) is 23.3 Å². The van der Waals surface area contributed by atoms with Crippen molar-refractivity contribution in [3.8, 4) is 5.75 Å². The Labute approximate surface area is 157 Å². The van der Waals surface area contributed by atoms with Gasteiger partial charge in [-0.3, -0.25) is 0 Å². The van der Waals surface area contributed by atoms with Crippen LogP contribution in [-0.2, 0) is 6.54 Å². The second-order valence-electron chi connectivity index (χ2n) is 3.88. The number of halogens is 3. The summed E-state index contributed by atoms with van der Waals surface area (Å²) < 4.78 is 6.17. The Kier molecular flexibility index (Phi) is 7.78. The molecule has 2 rings (SSSR count). The highest BCUT2D eigenvalue weighted by atomic mass is 127. The number of benzene rings is 1. The fourth-order valence-corrected chi connectivity index (χ4v) is 3.20. The number of hydrogen-bond acceptors (Lipinski definition) is 3. The summed E-state index contributed by atoms with van der Waals surface area (Å²) in [6.45, 7) is 0.541. The second kappa shape index (κ2) is 8.82. The summed E-state index contributed by atoms with van der Waals surface area (Å²) in [6.07, 6.45) is 0. The molecule has 114 valence electrons. The Bertz CT molecular complexity index is 636. The van der Waals surface area contributed by atoms with Crippen molar-refractivity contribution in [2.75, 3.05) is 12.4 Å². The number of ether oxygens (including phenoxy) is 1. The van der Waals surface area contributed by atoms with Gasteiger partial charge >= 0.3 is 0 Å². The van der Waals surface area contributed by atoms with Gasteiger partial charge in [0.15, 0.2) is 5.96 Å². The molecule has 21 heavy (non-hydrogen) atoms. The average Bonchev–Trinajstić information content (AvgIpc) is 2.82. The van der Waals surface area contributed by atoms with Crippen molar-refractivity contribution in [1.82, 2.24) is 0 Å². The summed E-state index contributed by atoms with van der Waals surface area (Å²) in [6, 6.07) is 9.34. The fourth-order valence-electron chi connectivity index (χ4n) is 1.53. The molecule has 1 heterocycles. The molecule has 1 aromatic carbocycles. The van der Waals surface area contributed by atoms with E-state index in [2.05, 4.69) is 26.2 Å². The van der Waals surface area contributed by atoms with Crippen molar-refractivity contribution < 1.29 is 4.74 Å². The van der Waals surface area contributed by atoms with Gasteiger partial charge in [0, 0.05) is 10.6 Å². The lowest BCUT2D eigenvalue weighted by atomic mass is 10.3. The lowest BCUT2D eigenvalue weighted by molar-refractivity contribution is 0.415. The minimum absolute atomic E-state index is 0. The highest BCUT2D eigenvalue weighted by Crippen LogP contribution is 2.27. The molecule has 0 fully saturated rings. The molecule has 0 aliphatic carbocycles. The zero-order valence-corrected chi connectivity index (χ0v) is 16.6. The SMILES string of the molecule is COc1ccc(NC(N)=NCc2ccc(Br)s2)cc1Cl.I. The fraction of sp³-hybridized carbons (Fsp3) is 0.154. The van der Waals surface area contributed by atoms with E-state index in [1.165, 1.54) is 0 Å². The first-order valence-electron chi connectivity index (χ1n) is 5.73. The van der Waals surface area contributed by atoms with Crippen LogP contribution in [0, 0.1) is 0 Å². The van der Waals surface area contributed by atoms with E-state index in [0.717, 1.165) is 14.4 Å². The third-order valence-electron chi connectivity index (χ3n) is 2.46. The monoisotopic (exact) mass is 501 g/mol. The quantitative estimate of drug-likeness (QED) is 0.362. The van der Waals surface area contributed by atoms with Crippen LogP contribution in [0.25, 0.3) is 0 Å². The molecule has 8 heteroatoms. The van der Waals surface area contributed by atoms with E-state index in [1.807, 2.05) is 18.2 Å². The van der Waals surface area contributed by atoms with Gasteiger partial charge in [0.25, 0.3) is 0 Å². The number of thiophene rings is 1. The number of rotatable bonds is 4. The lowest BCUT2D eigenvalue weighted by Gasteiger charge is -2.08. The van der Waals surface area contributed by atoms with Crippen molar-refractivity contribution in [3.63, 3.8) is 0 Å². The number of nitrogens with two attached hydrogens (primary N) is 1. The normalized spacial score (nSPS) is 10.9. The van der Waals surface area contributed by atoms with Crippen LogP contribution in [0.1, 0.15) is 4.88 Å². The molecule has 0 saturated heterocycles. The maximum atomic E-state index is 6.04. The van der Waals surface area contributed by atoms with Crippen molar-refractivity contribution >= 4 is 74.5 Å². The van der Waals surface area contributed by atoms with Crippen LogP contribution in [0.3, 0.4) is 0 Å². The number of guanidine groups is 1. The molecule has 0 atom stereocenters. The van der Waals surface area contributed by atoms with Crippen molar-refractivity contribution in [2.45, 2.75) is 6.54 Å². The van der Waals surface area contributed by atoms with Crippen molar-refractivity contribution in [1.29, 1.82) is 0 Å². The van der Waals surface area contributed by atoms with Gasteiger partial charge in [0.1, 0.15) is 5.75 Å². The van der Waals surface area contributed by atoms with Gasteiger partial charge in [-0.05, 0) is 46.3 Å². The highest BCUT2D eigenvalue weighted by molar-refractivity contribution is 14.0. The van der Waals surface area contributed by atoms with Crippen LogP contribution in [0.15, 0.2) is 39.1 Å². The summed E-state index contributed by atoms with van der Waals surface area (Å²) in [7, 11) is 1.57. The van der Waals surface area contributed by atoms with Gasteiger partial charge in [-0.25, -0.2) is 4.99 Å². The summed E-state index contributed by atoms with van der Waals surface area (Å²) in [5.74, 6) is 0.965. The Morgan fingerprint density at radius 2 is 2.19 bits per heavy atom. The summed E-state index contributed by atoms with van der Waals surface area (Å²) >= 11 is 11.1. The molecule has 0 amide bonds. The van der Waals surface area contributed by atoms with Gasteiger partial charge < -0.3 is 15.8 Å². The number of anilines is 1. The van der Waals surface area contributed by atoms with Gasteiger partial charge in [-0.1, -0.05) is 11.6 Å². The first-order valence-corrected chi connectivity index (χ1v) is 7.72. The molecule has 1 aromatic heterocycles. The Balaban J connectivity index is 0.00000220. The van der Waals surface area contributed by atoms with E-state index < -0.39 is 0 Å². The van der Waals surface area contributed by atoms with E-state index in [-0.39, 0.29) is 24.0 Å². The Morgan fingerprint density at radius 1 is 1.43 bits per heavy atom. The standard InChI is InChI=1S/C13H13BrClN3OS.HI/c1-19-11-4-2-8(6-10(11)15)18-13(16)17-7-9-3-5-12(14)20-9;/h2-6H,7H2,1H3,(H3,16,17,18);1H. The Hall–Kier alpha value is -0.510. The summed E-state index contributed by atoms with van der Waals surface area (Å²) in [5, 5.41) is 3.51. The maximum Gasteiger partial charge on any atom is 0.193 e. The van der Waals surface area contributed by atoms with E-state index >= 15 is 0 Å². The first-order chi connectivity index (χ1) is 9.58. The van der Waals surface area contributed by atoms with Crippen LogP contribution in [0.2, 0.25) is 5.02 Å². The van der Waals surface area contributed by atoms with Gasteiger partial charge in [-0.15, -0.1) is 35.3 Å². The first kappa shape index (κ1) is 18.5. The topological polar surface area (TPSA) is 59.6 Å². The zero-order valence-electron chi connectivity index (χ0n) is 11.1. The molecule has 0 aliphatic rings. The number of nitrogens with one attached hydrogen (secondary N) is 1. The molecular formula is C13H14BrClIN3OS. The largest absolute Gasteiger partial charge is 0.495 e. The third kappa shape index (κ3) is 5.65. The van der Waals surface area contributed by atoms with Gasteiger partial charge in [-0.2, -0.15) is 0 Å². The van der Waals surface area contributed by atoms with Crippen molar-refractivity contribution in [2.24, 2.45) is 10.7 Å². The minimum atomic E-state index is 0. The molecule has 3 N–H and O–H groups in total. The lowest BCUT2D eigenvalue weighted by Crippen LogP contribution is -2.22.